The number of aromatic nitrogens is 1. The van der Waals surface area contributed by atoms with E-state index in [1.807, 2.05) is 55.6 Å². The Morgan fingerprint density at radius 2 is 1.96 bits per heavy atom. The number of hydrazone groups is 1. The molecule has 0 fully saturated rings. The quantitative estimate of drug-likeness (QED) is 0.666. The van der Waals surface area contributed by atoms with Crippen molar-refractivity contribution in [2.75, 3.05) is 6.61 Å². The van der Waals surface area contributed by atoms with Gasteiger partial charge in [-0.25, -0.2) is 5.01 Å². The molecule has 5 heteroatoms. The SMILES string of the molecule is CCOc1cccc2c1O[C@H](c1cccnc1)N1N=C(c3ccccc3)C[C@H]21. The van der Waals surface area contributed by atoms with Crippen LogP contribution < -0.4 is 9.47 Å². The van der Waals surface area contributed by atoms with Gasteiger partial charge in [-0.05, 0) is 24.6 Å². The van der Waals surface area contributed by atoms with Crippen molar-refractivity contribution >= 4 is 5.71 Å². The van der Waals surface area contributed by atoms with Gasteiger partial charge in [-0.2, -0.15) is 5.10 Å². The fraction of sp³-hybridized carbons (Fsp3) is 0.217. The van der Waals surface area contributed by atoms with Crippen molar-refractivity contribution in [2.45, 2.75) is 25.6 Å². The van der Waals surface area contributed by atoms with Gasteiger partial charge in [0.15, 0.2) is 11.5 Å². The van der Waals surface area contributed by atoms with Crippen molar-refractivity contribution in [3.05, 3.63) is 89.7 Å². The molecule has 0 N–H and O–H groups in total. The van der Waals surface area contributed by atoms with Crippen LogP contribution >= 0.6 is 0 Å². The van der Waals surface area contributed by atoms with Gasteiger partial charge in [-0.1, -0.05) is 48.5 Å². The van der Waals surface area contributed by atoms with Crippen LogP contribution in [0.5, 0.6) is 11.5 Å². The average Bonchev–Trinajstić information content (AvgIpc) is 3.21. The third kappa shape index (κ3) is 2.80. The summed E-state index contributed by atoms with van der Waals surface area (Å²) in [7, 11) is 0. The summed E-state index contributed by atoms with van der Waals surface area (Å²) in [4.78, 5) is 4.28. The van der Waals surface area contributed by atoms with Gasteiger partial charge in [0.25, 0.3) is 0 Å². The maximum Gasteiger partial charge on any atom is 0.215 e. The Morgan fingerprint density at radius 3 is 2.75 bits per heavy atom. The molecule has 5 rings (SSSR count). The topological polar surface area (TPSA) is 47.0 Å². The molecule has 0 saturated heterocycles. The van der Waals surface area contributed by atoms with Crippen LogP contribution in [0.3, 0.4) is 0 Å². The minimum absolute atomic E-state index is 0.101. The first-order chi connectivity index (χ1) is 13.8. The molecule has 2 aliphatic rings. The van der Waals surface area contributed by atoms with Gasteiger partial charge >= 0.3 is 0 Å². The smallest absolute Gasteiger partial charge is 0.215 e. The van der Waals surface area contributed by atoms with Gasteiger partial charge in [0.2, 0.25) is 6.23 Å². The van der Waals surface area contributed by atoms with E-state index in [9.17, 15) is 0 Å². The Hall–Kier alpha value is -3.34. The first-order valence-electron chi connectivity index (χ1n) is 9.58. The third-order valence-corrected chi connectivity index (χ3v) is 5.16. The number of ether oxygens (including phenoxy) is 2. The van der Waals surface area contributed by atoms with E-state index in [4.69, 9.17) is 14.6 Å². The van der Waals surface area contributed by atoms with Crippen LogP contribution in [0.15, 0.2) is 78.2 Å². The molecule has 2 aromatic carbocycles. The molecule has 0 amide bonds. The first-order valence-corrected chi connectivity index (χ1v) is 9.58. The van der Waals surface area contributed by atoms with Gasteiger partial charge in [0, 0.05) is 29.9 Å². The molecule has 0 bridgehead atoms. The maximum atomic E-state index is 6.45. The lowest BCUT2D eigenvalue weighted by atomic mass is 9.95. The molecule has 2 atom stereocenters. The van der Waals surface area contributed by atoms with Crippen LogP contribution in [0.2, 0.25) is 0 Å². The zero-order valence-electron chi connectivity index (χ0n) is 15.7. The fourth-order valence-electron chi connectivity index (χ4n) is 3.90. The van der Waals surface area contributed by atoms with Crippen LogP contribution in [0, 0.1) is 0 Å². The minimum Gasteiger partial charge on any atom is -0.490 e. The zero-order chi connectivity index (χ0) is 18.9. The molecule has 0 spiro atoms. The van der Waals surface area contributed by atoms with Crippen molar-refractivity contribution < 1.29 is 9.47 Å². The van der Waals surface area contributed by atoms with E-state index in [1.165, 1.54) is 0 Å². The van der Waals surface area contributed by atoms with Crippen molar-refractivity contribution in [2.24, 2.45) is 5.10 Å². The Kier molecular flexibility index (Phi) is 4.20. The minimum atomic E-state index is -0.339. The molecule has 0 saturated carbocycles. The van der Waals surface area contributed by atoms with E-state index >= 15 is 0 Å². The second kappa shape index (κ2) is 7.00. The number of hydrogen-bond acceptors (Lipinski definition) is 5. The molecule has 2 aliphatic heterocycles. The van der Waals surface area contributed by atoms with Gasteiger partial charge in [0.05, 0.1) is 18.4 Å². The van der Waals surface area contributed by atoms with Crippen LogP contribution in [0.25, 0.3) is 0 Å². The highest BCUT2D eigenvalue weighted by Gasteiger charge is 2.42. The average molecular weight is 371 g/mol. The first kappa shape index (κ1) is 16.8. The Morgan fingerprint density at radius 1 is 1.07 bits per heavy atom. The molecule has 3 aromatic rings. The standard InChI is InChI=1S/C23H21N3O2/c1-2-27-21-12-6-11-18-20-14-19(16-8-4-3-5-9-16)25-26(20)23(28-22(18)21)17-10-7-13-24-15-17/h3-13,15,20,23H,2,14H2,1H3/t20-,23-/m1/s1. The highest BCUT2D eigenvalue weighted by atomic mass is 16.5. The van der Waals surface area contributed by atoms with Crippen molar-refractivity contribution in [1.29, 1.82) is 0 Å². The van der Waals surface area contributed by atoms with E-state index in [-0.39, 0.29) is 12.3 Å². The largest absolute Gasteiger partial charge is 0.490 e. The summed E-state index contributed by atoms with van der Waals surface area (Å²) in [5.41, 5.74) is 4.30. The van der Waals surface area contributed by atoms with E-state index in [0.717, 1.165) is 40.3 Å². The molecular formula is C23H21N3O2. The van der Waals surface area contributed by atoms with E-state index in [0.29, 0.717) is 6.61 Å². The molecule has 1 aromatic heterocycles. The number of para-hydroxylation sites is 1. The van der Waals surface area contributed by atoms with Crippen LogP contribution in [-0.4, -0.2) is 22.3 Å². The summed E-state index contributed by atoms with van der Waals surface area (Å²) in [6.07, 6.45) is 4.10. The third-order valence-electron chi connectivity index (χ3n) is 5.16. The second-order valence-electron chi connectivity index (χ2n) is 6.88. The van der Waals surface area contributed by atoms with Crippen LogP contribution in [0.4, 0.5) is 0 Å². The second-order valence-corrected chi connectivity index (χ2v) is 6.88. The van der Waals surface area contributed by atoms with Crippen LogP contribution in [-0.2, 0) is 0 Å². The highest BCUT2D eigenvalue weighted by Crippen LogP contribution is 2.50. The predicted octanol–water partition coefficient (Wildman–Crippen LogP) is 4.72. The molecule has 0 radical (unpaired) electrons. The molecule has 28 heavy (non-hydrogen) atoms. The van der Waals surface area contributed by atoms with Crippen molar-refractivity contribution in [1.82, 2.24) is 9.99 Å². The monoisotopic (exact) mass is 371 g/mol. The van der Waals surface area contributed by atoms with Gasteiger partial charge in [-0.3, -0.25) is 4.98 Å². The maximum absolute atomic E-state index is 6.45. The normalized spacial score (nSPS) is 20.0. The summed E-state index contributed by atoms with van der Waals surface area (Å²) < 4.78 is 12.3. The molecule has 0 aliphatic carbocycles. The molecule has 140 valence electrons. The molecule has 5 nitrogen and oxygen atoms in total. The zero-order valence-corrected chi connectivity index (χ0v) is 15.7. The summed E-state index contributed by atoms with van der Waals surface area (Å²) >= 11 is 0. The summed E-state index contributed by atoms with van der Waals surface area (Å²) in [6.45, 7) is 2.58. The lowest BCUT2D eigenvalue weighted by molar-refractivity contribution is -0.0214. The lowest BCUT2D eigenvalue weighted by Gasteiger charge is -2.38. The lowest BCUT2D eigenvalue weighted by Crippen LogP contribution is -2.34. The number of nitrogens with zero attached hydrogens (tertiary/aromatic N) is 3. The Labute approximate surface area is 164 Å². The van der Waals surface area contributed by atoms with Gasteiger partial charge < -0.3 is 9.47 Å². The Bertz CT molecular complexity index is 1000. The molecular weight excluding hydrogens is 350 g/mol. The van der Waals surface area contributed by atoms with E-state index in [1.54, 1.807) is 6.20 Å². The number of benzene rings is 2. The van der Waals surface area contributed by atoms with Crippen molar-refractivity contribution in [3.63, 3.8) is 0 Å². The van der Waals surface area contributed by atoms with Gasteiger partial charge in [-0.15, -0.1) is 0 Å². The van der Waals surface area contributed by atoms with E-state index < -0.39 is 0 Å². The van der Waals surface area contributed by atoms with Gasteiger partial charge in [0.1, 0.15) is 0 Å². The Balaban J connectivity index is 1.62. The number of hydrogen-bond donors (Lipinski definition) is 0. The summed E-state index contributed by atoms with van der Waals surface area (Å²) in [5, 5.41) is 7.04. The number of fused-ring (bicyclic) bond motifs is 3. The summed E-state index contributed by atoms with van der Waals surface area (Å²) in [5.74, 6) is 1.59. The fourth-order valence-corrected chi connectivity index (χ4v) is 3.90. The summed E-state index contributed by atoms with van der Waals surface area (Å²) in [6, 6.07) is 20.5. The molecule has 0 unspecified atom stereocenters. The number of rotatable bonds is 4. The predicted molar refractivity (Wildman–Crippen MR) is 107 cm³/mol. The van der Waals surface area contributed by atoms with Crippen LogP contribution in [0.1, 0.15) is 42.3 Å². The molecule has 3 heterocycles. The number of pyridine rings is 1. The highest BCUT2D eigenvalue weighted by molar-refractivity contribution is 6.01. The van der Waals surface area contributed by atoms with E-state index in [2.05, 4.69) is 28.2 Å². The van der Waals surface area contributed by atoms with Crippen molar-refractivity contribution in [3.8, 4) is 11.5 Å².